The Morgan fingerprint density at radius 2 is 0.635 bits per heavy atom. The van der Waals surface area contributed by atoms with Crippen molar-refractivity contribution in [3.63, 3.8) is 0 Å². The average molecular weight is 801 g/mol. The van der Waals surface area contributed by atoms with Crippen molar-refractivity contribution >= 4 is 62.0 Å². The maximum Gasteiger partial charge on any atom is 0.192 e. The minimum absolute atomic E-state index is 0.0258. The van der Waals surface area contributed by atoms with E-state index in [0.29, 0.717) is 0 Å². The fourth-order valence-electron chi connectivity index (χ4n) is 5.82. The average Bonchev–Trinajstić information content (AvgIpc) is 2.86. The number of rotatable bonds is 8. The molecule has 0 atom stereocenters. The second-order valence-electron chi connectivity index (χ2n) is 23.1. The van der Waals surface area contributed by atoms with E-state index in [-0.39, 0.29) is 32.5 Å². The second-order valence-corrected chi connectivity index (χ2v) is 36.8. The van der Waals surface area contributed by atoms with Gasteiger partial charge in [-0.3, -0.25) is 0 Å². The zero-order chi connectivity index (χ0) is 41.0. The van der Waals surface area contributed by atoms with Gasteiger partial charge in [-0.05, 0) is 128 Å². The summed E-state index contributed by atoms with van der Waals surface area (Å²) in [6.45, 7) is 59.0. The van der Waals surface area contributed by atoms with Gasteiger partial charge in [-0.25, -0.2) is 0 Å². The van der Waals surface area contributed by atoms with Gasteiger partial charge in [0.05, 0.1) is 10.4 Å². The third kappa shape index (κ3) is 13.4. The van der Waals surface area contributed by atoms with Gasteiger partial charge in [0.1, 0.15) is 0 Å². The highest BCUT2D eigenvalue weighted by Gasteiger charge is 2.34. The van der Waals surface area contributed by atoms with E-state index in [1.165, 1.54) is 70.8 Å². The van der Waals surface area contributed by atoms with E-state index in [1.807, 2.05) is 0 Å². The summed E-state index contributed by atoms with van der Waals surface area (Å²) in [4.78, 5) is 0. The second kappa shape index (κ2) is 15.8. The normalized spacial score (nSPS) is 15.7. The van der Waals surface area contributed by atoms with Gasteiger partial charge in [0.2, 0.25) is 0 Å². The molecule has 0 aliphatic rings. The Hall–Kier alpha value is -0.436. The molecule has 52 heavy (non-hydrogen) atoms. The molecule has 0 N–H and O–H groups in total. The van der Waals surface area contributed by atoms with Crippen molar-refractivity contribution in [3.8, 4) is 0 Å². The zero-order valence-corrected chi connectivity index (χ0v) is 43.2. The van der Waals surface area contributed by atoms with Crippen LogP contribution in [0.1, 0.15) is 158 Å². The predicted octanol–water partition coefficient (Wildman–Crippen LogP) is 14.3. The molecule has 0 aromatic heterocycles. The molecule has 0 saturated heterocycles. The molecule has 0 heterocycles. The molecule has 0 bridgehead atoms. The van der Waals surface area contributed by atoms with Crippen molar-refractivity contribution in [2.24, 2.45) is 0 Å². The van der Waals surface area contributed by atoms with Crippen LogP contribution in [0.25, 0.3) is 0 Å². The third-order valence-corrected chi connectivity index (χ3v) is 17.0. The lowest BCUT2D eigenvalue weighted by atomic mass is 9.75. The van der Waals surface area contributed by atoms with Crippen molar-refractivity contribution in [3.05, 3.63) is 57.6 Å². The van der Waals surface area contributed by atoms with E-state index in [0.717, 1.165) is 0 Å². The summed E-state index contributed by atoms with van der Waals surface area (Å²) < 4.78 is 14.6. The van der Waals surface area contributed by atoms with Gasteiger partial charge in [-0.15, -0.1) is 0 Å². The summed E-state index contributed by atoms with van der Waals surface area (Å²) in [5.74, 6) is 0. The van der Waals surface area contributed by atoms with E-state index >= 15 is 0 Å². The molecule has 0 amide bonds. The summed E-state index contributed by atoms with van der Waals surface area (Å²) in [6, 6.07) is 10.0. The first-order valence-electron chi connectivity index (χ1n) is 19.4. The van der Waals surface area contributed by atoms with Crippen LogP contribution >= 0.6 is 24.3 Å². The molecule has 2 aromatic carbocycles. The van der Waals surface area contributed by atoms with E-state index in [9.17, 15) is 0 Å². The summed E-state index contributed by atoms with van der Waals surface area (Å²) in [6.07, 6.45) is 0. The molecule has 0 spiro atoms. The largest absolute Gasteiger partial charge is 0.381 e. The summed E-state index contributed by atoms with van der Waals surface area (Å²) >= 11 is 0. The summed E-state index contributed by atoms with van der Waals surface area (Å²) in [7, 11) is -2.55. The van der Waals surface area contributed by atoms with Crippen LogP contribution in [-0.2, 0) is 41.3 Å². The molecule has 2 aromatic rings. The Bertz CT molecular complexity index is 1450. The predicted molar refractivity (Wildman–Crippen MR) is 250 cm³/mol. The number of hydrogen-bond donors (Lipinski definition) is 0. The molecule has 2 rings (SSSR count). The van der Waals surface area contributed by atoms with Crippen LogP contribution in [-0.4, -0.2) is 33.7 Å². The lowest BCUT2D eigenvalue weighted by molar-refractivity contribution is 0.553. The molecule has 0 aliphatic carbocycles. The highest BCUT2D eigenvalue weighted by Crippen LogP contribution is 2.47. The first-order valence-corrected chi connectivity index (χ1v) is 29.8. The maximum atomic E-state index is 7.31. The zero-order valence-electron chi connectivity index (χ0n) is 38.5. The Kier molecular flexibility index (Phi) is 14.5. The van der Waals surface area contributed by atoms with Crippen molar-refractivity contribution < 1.29 is 8.85 Å². The fourth-order valence-corrected chi connectivity index (χ4v) is 16.9. The third-order valence-electron chi connectivity index (χ3n) is 8.97. The van der Waals surface area contributed by atoms with Gasteiger partial charge in [0, 0.05) is 18.5 Å². The molecule has 0 radical (unpaired) electrons. The monoisotopic (exact) mass is 800 g/mol. The van der Waals surface area contributed by atoms with Crippen molar-refractivity contribution in [2.75, 3.05) is 6.66 Å². The highest BCUT2D eigenvalue weighted by atomic mass is 31.2. The van der Waals surface area contributed by atoms with Gasteiger partial charge in [-0.1, -0.05) is 149 Å². The van der Waals surface area contributed by atoms with E-state index in [1.54, 1.807) is 0 Å². The lowest BCUT2D eigenvalue weighted by Crippen LogP contribution is -2.34. The van der Waals surface area contributed by atoms with Crippen LogP contribution in [0, 0.1) is 0 Å². The first-order chi connectivity index (χ1) is 22.7. The van der Waals surface area contributed by atoms with Crippen LogP contribution in [0.15, 0.2) is 24.3 Å². The smallest absolute Gasteiger partial charge is 0.192 e. The van der Waals surface area contributed by atoms with Gasteiger partial charge in [0.15, 0.2) is 16.6 Å². The standard InChI is InChI=1S/C45H79O2P3Si2/c1-40(2,3)30-26-32(42(7,8)9)36(33(27-30)43(10,11)12)48-38(46-51(20,21)22)50(19)39(47-52(23,24)25)49-37-34(44(13,14)15)28-31(41(4,5)6)29-35(37)45(16,17)18/h26-29H,1-25H3. The molecule has 0 unspecified atom stereocenters. The highest BCUT2D eigenvalue weighted by molar-refractivity contribution is 8.01. The lowest BCUT2D eigenvalue weighted by Gasteiger charge is -2.34. The molecular formula is C45H79O2P3Si2. The van der Waals surface area contributed by atoms with Crippen molar-refractivity contribution in [1.29, 1.82) is 0 Å². The summed E-state index contributed by atoms with van der Waals surface area (Å²) in [5, 5.41) is 5.21. The number of hydrogen-bond acceptors (Lipinski definition) is 2. The summed E-state index contributed by atoms with van der Waals surface area (Å²) in [5.41, 5.74) is 8.54. The molecule has 0 aliphatic heterocycles. The SMILES string of the molecule is CP(C(O[Si](C)(C)C)=Pc1c(C(C)(C)C)cc(C(C)(C)C)cc1C(C)(C)C)C(O[Si](C)(C)C)=Pc1c(C(C)(C)C)cc(C(C)(C)C)cc1C(C)(C)C. The minimum atomic E-state index is -2.00. The van der Waals surface area contributed by atoms with E-state index in [2.05, 4.69) is 195 Å². The van der Waals surface area contributed by atoms with Gasteiger partial charge in [0.25, 0.3) is 0 Å². The van der Waals surface area contributed by atoms with Gasteiger partial charge >= 0.3 is 0 Å². The molecular weight excluding hydrogens is 722 g/mol. The maximum absolute atomic E-state index is 7.31. The quantitative estimate of drug-likeness (QED) is 0.196. The topological polar surface area (TPSA) is 18.5 Å². The molecule has 294 valence electrons. The van der Waals surface area contributed by atoms with Crippen LogP contribution in [0.4, 0.5) is 0 Å². The van der Waals surface area contributed by atoms with Crippen molar-refractivity contribution in [1.82, 2.24) is 0 Å². The Morgan fingerprint density at radius 3 is 0.788 bits per heavy atom. The van der Waals surface area contributed by atoms with E-state index in [4.69, 9.17) is 8.85 Å². The van der Waals surface area contributed by atoms with E-state index < -0.39 is 24.6 Å². The molecule has 7 heteroatoms. The van der Waals surface area contributed by atoms with Crippen LogP contribution in [0.5, 0.6) is 0 Å². The Morgan fingerprint density at radius 1 is 0.423 bits per heavy atom. The minimum Gasteiger partial charge on any atom is -0.381 e. The molecule has 2 nitrogen and oxygen atoms in total. The van der Waals surface area contributed by atoms with Crippen molar-refractivity contribution in [2.45, 2.75) is 196 Å². The molecule has 0 fully saturated rings. The van der Waals surface area contributed by atoms with Gasteiger partial charge < -0.3 is 8.85 Å². The number of benzene rings is 2. The van der Waals surface area contributed by atoms with Crippen LogP contribution in [0.2, 0.25) is 39.3 Å². The fraction of sp³-hybridized carbons (Fsp3) is 0.689. The Labute approximate surface area is 330 Å². The van der Waals surface area contributed by atoms with Crippen LogP contribution < -0.4 is 10.6 Å². The molecule has 0 saturated carbocycles. The first kappa shape index (κ1) is 47.7. The van der Waals surface area contributed by atoms with Crippen LogP contribution in [0.3, 0.4) is 0 Å². The van der Waals surface area contributed by atoms with Gasteiger partial charge in [-0.2, -0.15) is 0 Å². The Balaban J connectivity index is 3.27.